The lowest BCUT2D eigenvalue weighted by molar-refractivity contribution is 0.0960. The van der Waals surface area contributed by atoms with E-state index in [-0.39, 0.29) is 5.91 Å². The van der Waals surface area contributed by atoms with E-state index in [1.807, 2.05) is 20.2 Å². The lowest BCUT2D eigenvalue weighted by Crippen LogP contribution is -2.19. The second-order valence-corrected chi connectivity index (χ2v) is 5.12. The molecular weight excluding hydrogens is 234 g/mol. The number of anilines is 1. The Morgan fingerprint density at radius 2 is 2.18 bits per heavy atom. The smallest absolute Gasteiger partial charge is 0.252 e. The highest BCUT2D eigenvalue weighted by molar-refractivity contribution is 7.99. The number of amides is 1. The summed E-state index contributed by atoms with van der Waals surface area (Å²) in [6.07, 6.45) is 0. The van der Waals surface area contributed by atoms with Gasteiger partial charge in [0.15, 0.2) is 0 Å². The van der Waals surface area contributed by atoms with Crippen LogP contribution in [0.25, 0.3) is 0 Å². The minimum atomic E-state index is -0.0719. The Bertz CT molecular complexity index is 393. The van der Waals surface area contributed by atoms with Gasteiger partial charge in [0.1, 0.15) is 0 Å². The zero-order valence-electron chi connectivity index (χ0n) is 10.5. The van der Waals surface area contributed by atoms with Gasteiger partial charge >= 0.3 is 0 Å². The van der Waals surface area contributed by atoms with E-state index in [9.17, 15) is 4.79 Å². The van der Waals surface area contributed by atoms with E-state index < -0.39 is 0 Å². The van der Waals surface area contributed by atoms with Crippen LogP contribution in [-0.2, 0) is 0 Å². The van der Waals surface area contributed by atoms with E-state index in [2.05, 4.69) is 10.2 Å². The number of hydrogen-bond acceptors (Lipinski definition) is 4. The third-order valence-corrected chi connectivity index (χ3v) is 3.31. The molecular formula is C12H19N3OS. The second kappa shape index (κ2) is 6.51. The van der Waals surface area contributed by atoms with Crippen molar-refractivity contribution in [1.82, 2.24) is 10.2 Å². The molecule has 94 valence electrons. The Hall–Kier alpha value is -1.20. The molecule has 3 N–H and O–H groups in total. The van der Waals surface area contributed by atoms with Crippen LogP contribution in [0.1, 0.15) is 10.4 Å². The molecule has 0 heterocycles. The minimum absolute atomic E-state index is 0.0719. The van der Waals surface area contributed by atoms with Crippen molar-refractivity contribution in [3.63, 3.8) is 0 Å². The van der Waals surface area contributed by atoms with Crippen LogP contribution in [0.4, 0.5) is 5.69 Å². The third-order valence-electron chi connectivity index (χ3n) is 2.27. The first-order chi connectivity index (χ1) is 8.04. The van der Waals surface area contributed by atoms with Gasteiger partial charge in [-0.25, -0.2) is 0 Å². The summed E-state index contributed by atoms with van der Waals surface area (Å²) in [5.41, 5.74) is 7.12. The fraction of sp³-hybridized carbons (Fsp3) is 0.417. The summed E-state index contributed by atoms with van der Waals surface area (Å²) >= 11 is 1.65. The standard InChI is InChI=1S/C12H19N3OS/c1-14-12(16)10-5-4-9(13)8-11(10)17-7-6-15(2)3/h4-5,8H,6-7,13H2,1-3H3,(H,14,16). The summed E-state index contributed by atoms with van der Waals surface area (Å²) in [5.74, 6) is 0.859. The molecule has 0 radical (unpaired) electrons. The molecule has 0 aliphatic carbocycles. The van der Waals surface area contributed by atoms with Crippen LogP contribution in [-0.4, -0.2) is 44.2 Å². The molecule has 4 nitrogen and oxygen atoms in total. The average Bonchev–Trinajstić information content (AvgIpc) is 2.28. The predicted octanol–water partition coefficient (Wildman–Crippen LogP) is 1.28. The van der Waals surface area contributed by atoms with E-state index in [1.165, 1.54) is 0 Å². The number of carbonyl (C=O) groups excluding carboxylic acids is 1. The van der Waals surface area contributed by atoms with E-state index in [4.69, 9.17) is 5.73 Å². The van der Waals surface area contributed by atoms with Gasteiger partial charge in [-0.1, -0.05) is 0 Å². The number of nitrogen functional groups attached to an aromatic ring is 1. The van der Waals surface area contributed by atoms with E-state index >= 15 is 0 Å². The molecule has 5 heteroatoms. The largest absolute Gasteiger partial charge is 0.399 e. The Balaban J connectivity index is 2.80. The van der Waals surface area contributed by atoms with Crippen molar-refractivity contribution in [2.75, 3.05) is 39.2 Å². The molecule has 0 saturated carbocycles. The van der Waals surface area contributed by atoms with E-state index in [0.717, 1.165) is 17.2 Å². The zero-order valence-corrected chi connectivity index (χ0v) is 11.3. The normalized spacial score (nSPS) is 10.6. The van der Waals surface area contributed by atoms with Crippen molar-refractivity contribution in [3.8, 4) is 0 Å². The Kier molecular flexibility index (Phi) is 5.31. The van der Waals surface area contributed by atoms with Gasteiger partial charge < -0.3 is 16.0 Å². The van der Waals surface area contributed by atoms with Gasteiger partial charge in [-0.2, -0.15) is 0 Å². The molecule has 1 rings (SSSR count). The fourth-order valence-corrected chi connectivity index (χ4v) is 2.53. The topological polar surface area (TPSA) is 58.4 Å². The Morgan fingerprint density at radius 3 is 2.76 bits per heavy atom. The third kappa shape index (κ3) is 4.28. The summed E-state index contributed by atoms with van der Waals surface area (Å²) in [4.78, 5) is 14.7. The van der Waals surface area contributed by atoms with Crippen LogP contribution in [0.3, 0.4) is 0 Å². The van der Waals surface area contributed by atoms with Crippen molar-refractivity contribution in [1.29, 1.82) is 0 Å². The van der Waals surface area contributed by atoms with Crippen LogP contribution in [0.5, 0.6) is 0 Å². The van der Waals surface area contributed by atoms with Crippen molar-refractivity contribution in [2.24, 2.45) is 0 Å². The van der Waals surface area contributed by atoms with E-state index in [0.29, 0.717) is 11.3 Å². The SMILES string of the molecule is CNC(=O)c1ccc(N)cc1SCCN(C)C. The van der Waals surface area contributed by atoms with Crippen molar-refractivity contribution < 1.29 is 4.79 Å². The highest BCUT2D eigenvalue weighted by Crippen LogP contribution is 2.25. The number of rotatable bonds is 5. The summed E-state index contributed by atoms with van der Waals surface area (Å²) < 4.78 is 0. The van der Waals surface area contributed by atoms with Gasteiger partial charge in [0.2, 0.25) is 0 Å². The summed E-state index contributed by atoms with van der Waals surface area (Å²) in [6, 6.07) is 5.37. The van der Waals surface area contributed by atoms with Gasteiger partial charge in [0, 0.05) is 29.9 Å². The fourth-order valence-electron chi connectivity index (χ4n) is 1.32. The van der Waals surface area contributed by atoms with Gasteiger partial charge in [-0.05, 0) is 32.3 Å². The first-order valence-corrected chi connectivity index (χ1v) is 6.42. The van der Waals surface area contributed by atoms with Crippen molar-refractivity contribution in [3.05, 3.63) is 23.8 Å². The number of carbonyl (C=O) groups is 1. The molecule has 0 bridgehead atoms. The summed E-state index contributed by atoms with van der Waals surface area (Å²) in [6.45, 7) is 0.965. The van der Waals surface area contributed by atoms with Crippen molar-refractivity contribution >= 4 is 23.4 Å². The maximum Gasteiger partial charge on any atom is 0.252 e. The molecule has 0 aliphatic heterocycles. The molecule has 0 spiro atoms. The Labute approximate surface area is 107 Å². The summed E-state index contributed by atoms with van der Waals surface area (Å²) in [5, 5.41) is 2.64. The van der Waals surface area contributed by atoms with Crippen LogP contribution < -0.4 is 11.1 Å². The van der Waals surface area contributed by atoms with Crippen LogP contribution >= 0.6 is 11.8 Å². The molecule has 0 fully saturated rings. The van der Waals surface area contributed by atoms with Gasteiger partial charge in [0.25, 0.3) is 5.91 Å². The molecule has 0 saturated heterocycles. The van der Waals surface area contributed by atoms with Crippen LogP contribution in [0.15, 0.2) is 23.1 Å². The Morgan fingerprint density at radius 1 is 1.47 bits per heavy atom. The molecule has 1 aromatic rings. The molecule has 0 unspecified atom stereocenters. The molecule has 17 heavy (non-hydrogen) atoms. The number of nitrogens with two attached hydrogens (primary N) is 1. The number of nitrogens with one attached hydrogen (secondary N) is 1. The molecule has 1 amide bonds. The monoisotopic (exact) mass is 253 g/mol. The maximum atomic E-state index is 11.7. The van der Waals surface area contributed by atoms with Crippen molar-refractivity contribution in [2.45, 2.75) is 4.90 Å². The quantitative estimate of drug-likeness (QED) is 0.613. The lowest BCUT2D eigenvalue weighted by Gasteiger charge is -2.11. The number of hydrogen-bond donors (Lipinski definition) is 2. The van der Waals surface area contributed by atoms with Gasteiger partial charge in [-0.3, -0.25) is 4.79 Å². The number of benzene rings is 1. The zero-order chi connectivity index (χ0) is 12.8. The second-order valence-electron chi connectivity index (χ2n) is 3.99. The van der Waals surface area contributed by atoms with Gasteiger partial charge in [0.05, 0.1) is 5.56 Å². The summed E-state index contributed by atoms with van der Waals surface area (Å²) in [7, 11) is 5.69. The first kappa shape index (κ1) is 13.9. The first-order valence-electron chi connectivity index (χ1n) is 5.43. The molecule has 0 aliphatic rings. The van der Waals surface area contributed by atoms with Crippen LogP contribution in [0.2, 0.25) is 0 Å². The predicted molar refractivity (Wildman–Crippen MR) is 73.5 cm³/mol. The highest BCUT2D eigenvalue weighted by atomic mass is 32.2. The molecule has 0 atom stereocenters. The maximum absolute atomic E-state index is 11.7. The average molecular weight is 253 g/mol. The van der Waals surface area contributed by atoms with Gasteiger partial charge in [-0.15, -0.1) is 11.8 Å². The number of thioether (sulfide) groups is 1. The highest BCUT2D eigenvalue weighted by Gasteiger charge is 2.10. The molecule has 0 aromatic heterocycles. The lowest BCUT2D eigenvalue weighted by atomic mass is 10.2. The molecule has 1 aromatic carbocycles. The minimum Gasteiger partial charge on any atom is -0.399 e. The number of nitrogens with zero attached hydrogens (tertiary/aromatic N) is 1. The van der Waals surface area contributed by atoms with Crippen LogP contribution in [0, 0.1) is 0 Å². The van der Waals surface area contributed by atoms with E-state index in [1.54, 1.807) is 30.9 Å².